The number of aromatic nitrogens is 2. The predicted molar refractivity (Wildman–Crippen MR) is 80.8 cm³/mol. The Bertz CT molecular complexity index is 724. The molecule has 0 saturated heterocycles. The molecule has 0 aliphatic heterocycles. The minimum atomic E-state index is -0.653. The third kappa shape index (κ3) is 3.38. The number of amides is 1. The van der Waals surface area contributed by atoms with Crippen LogP contribution in [0.5, 0.6) is 0 Å². The molecule has 1 heterocycles. The van der Waals surface area contributed by atoms with Crippen molar-refractivity contribution in [2.45, 2.75) is 0 Å². The molecule has 0 bridgehead atoms. The fourth-order valence-electron chi connectivity index (χ4n) is 1.64. The normalized spacial score (nSPS) is 9.91. The maximum absolute atomic E-state index is 11.9. The molecule has 0 aliphatic rings. The molecule has 2 aromatic rings. The van der Waals surface area contributed by atoms with Crippen molar-refractivity contribution in [2.24, 2.45) is 0 Å². The summed E-state index contributed by atoms with van der Waals surface area (Å²) in [6.07, 6.45) is 1.13. The van der Waals surface area contributed by atoms with Gasteiger partial charge in [0.2, 0.25) is 11.6 Å². The van der Waals surface area contributed by atoms with Crippen LogP contribution in [0.3, 0.4) is 0 Å². The maximum atomic E-state index is 11.9. The SMILES string of the molecule is CNc1ncnc(NNC(=O)c2cccc(Cl)c2)c1[N+](=O)[O-]. The number of benzene rings is 1. The van der Waals surface area contributed by atoms with Gasteiger partial charge in [0.05, 0.1) is 4.92 Å². The summed E-state index contributed by atoms with van der Waals surface area (Å²) in [6, 6.07) is 6.26. The van der Waals surface area contributed by atoms with Crippen molar-refractivity contribution in [1.29, 1.82) is 0 Å². The van der Waals surface area contributed by atoms with Crippen molar-refractivity contribution in [1.82, 2.24) is 15.4 Å². The topological polar surface area (TPSA) is 122 Å². The molecule has 0 unspecified atom stereocenters. The largest absolute Gasteiger partial charge is 0.367 e. The van der Waals surface area contributed by atoms with Gasteiger partial charge in [0.25, 0.3) is 5.91 Å². The molecule has 0 radical (unpaired) electrons. The molecule has 1 amide bonds. The Morgan fingerprint density at radius 3 is 2.68 bits per heavy atom. The van der Waals surface area contributed by atoms with Crippen molar-refractivity contribution in [3.8, 4) is 0 Å². The van der Waals surface area contributed by atoms with Gasteiger partial charge < -0.3 is 5.32 Å². The van der Waals surface area contributed by atoms with Crippen molar-refractivity contribution < 1.29 is 9.72 Å². The van der Waals surface area contributed by atoms with E-state index in [-0.39, 0.29) is 17.3 Å². The van der Waals surface area contributed by atoms with Gasteiger partial charge in [-0.2, -0.15) is 0 Å². The van der Waals surface area contributed by atoms with Crippen LogP contribution in [0.2, 0.25) is 5.02 Å². The Balaban J connectivity index is 2.18. The van der Waals surface area contributed by atoms with Crippen LogP contribution in [0.25, 0.3) is 0 Å². The second-order valence-corrected chi connectivity index (χ2v) is 4.45. The number of hydrogen-bond donors (Lipinski definition) is 3. The summed E-state index contributed by atoms with van der Waals surface area (Å²) in [7, 11) is 1.49. The van der Waals surface area contributed by atoms with E-state index in [2.05, 4.69) is 26.1 Å². The number of hydrazine groups is 1. The Morgan fingerprint density at radius 2 is 2.05 bits per heavy atom. The average molecular weight is 323 g/mol. The number of nitrogens with zero attached hydrogens (tertiary/aromatic N) is 3. The van der Waals surface area contributed by atoms with Crippen LogP contribution in [0.15, 0.2) is 30.6 Å². The second kappa shape index (κ2) is 6.68. The van der Waals surface area contributed by atoms with E-state index in [1.54, 1.807) is 18.2 Å². The van der Waals surface area contributed by atoms with Gasteiger partial charge in [-0.3, -0.25) is 25.8 Å². The van der Waals surface area contributed by atoms with Crippen molar-refractivity contribution >= 4 is 34.8 Å². The molecule has 0 spiro atoms. The van der Waals surface area contributed by atoms with Crippen molar-refractivity contribution in [3.05, 3.63) is 51.3 Å². The Labute approximate surface area is 129 Å². The molecule has 1 aromatic carbocycles. The first-order valence-corrected chi connectivity index (χ1v) is 6.39. The van der Waals surface area contributed by atoms with Crippen molar-refractivity contribution in [3.63, 3.8) is 0 Å². The van der Waals surface area contributed by atoms with Crippen LogP contribution < -0.4 is 16.2 Å². The van der Waals surface area contributed by atoms with E-state index in [1.165, 1.54) is 13.1 Å². The number of nitrogens with one attached hydrogen (secondary N) is 3. The summed E-state index contributed by atoms with van der Waals surface area (Å²) in [6.45, 7) is 0. The predicted octanol–water partition coefficient (Wildman–Crippen LogP) is 1.84. The molecule has 1 aromatic heterocycles. The highest BCUT2D eigenvalue weighted by Gasteiger charge is 2.22. The molecule has 22 heavy (non-hydrogen) atoms. The molecule has 0 saturated carbocycles. The lowest BCUT2D eigenvalue weighted by atomic mass is 10.2. The quantitative estimate of drug-likeness (QED) is 0.567. The minimum absolute atomic E-state index is 0.0273. The summed E-state index contributed by atoms with van der Waals surface area (Å²) in [5.41, 5.74) is 4.65. The van der Waals surface area contributed by atoms with Crippen LogP contribution in [-0.2, 0) is 0 Å². The van der Waals surface area contributed by atoms with E-state index in [9.17, 15) is 14.9 Å². The first kappa shape index (κ1) is 15.4. The highest BCUT2D eigenvalue weighted by molar-refractivity contribution is 6.30. The second-order valence-electron chi connectivity index (χ2n) is 4.02. The highest BCUT2D eigenvalue weighted by Crippen LogP contribution is 2.27. The third-order valence-electron chi connectivity index (χ3n) is 2.62. The van der Waals surface area contributed by atoms with Gasteiger partial charge in [-0.25, -0.2) is 9.97 Å². The van der Waals surface area contributed by atoms with Gasteiger partial charge in [-0.1, -0.05) is 17.7 Å². The van der Waals surface area contributed by atoms with Crippen LogP contribution in [0.1, 0.15) is 10.4 Å². The summed E-state index contributed by atoms with van der Waals surface area (Å²) in [5.74, 6) is -0.624. The average Bonchev–Trinajstić information content (AvgIpc) is 2.51. The van der Waals surface area contributed by atoms with E-state index >= 15 is 0 Å². The number of anilines is 2. The summed E-state index contributed by atoms with van der Waals surface area (Å²) >= 11 is 5.79. The van der Waals surface area contributed by atoms with E-state index in [0.717, 1.165) is 6.33 Å². The molecule has 114 valence electrons. The fourth-order valence-corrected chi connectivity index (χ4v) is 1.83. The van der Waals surface area contributed by atoms with E-state index in [1.807, 2.05) is 0 Å². The van der Waals surface area contributed by atoms with Gasteiger partial charge in [0, 0.05) is 17.6 Å². The van der Waals surface area contributed by atoms with Gasteiger partial charge >= 0.3 is 5.69 Å². The molecular weight excluding hydrogens is 312 g/mol. The van der Waals surface area contributed by atoms with Gasteiger partial charge in [0.15, 0.2) is 0 Å². The lowest BCUT2D eigenvalue weighted by Crippen LogP contribution is -2.30. The number of carbonyl (C=O) groups is 1. The van der Waals surface area contributed by atoms with Gasteiger partial charge in [0.1, 0.15) is 6.33 Å². The molecule has 3 N–H and O–H groups in total. The molecule has 0 atom stereocenters. The third-order valence-corrected chi connectivity index (χ3v) is 2.86. The van der Waals surface area contributed by atoms with Gasteiger partial charge in [-0.05, 0) is 18.2 Å². The maximum Gasteiger partial charge on any atom is 0.354 e. The van der Waals surface area contributed by atoms with E-state index in [0.29, 0.717) is 10.6 Å². The number of hydrogen-bond acceptors (Lipinski definition) is 7. The standard InChI is InChI=1S/C12H11ClN6O3/c1-14-10-9(19(21)22)11(16-6-15-10)17-18-12(20)7-3-2-4-8(13)5-7/h2-6H,1H3,(H,18,20)(H2,14,15,16,17). The molecular formula is C12H11ClN6O3. The van der Waals surface area contributed by atoms with Gasteiger partial charge in [-0.15, -0.1) is 0 Å². The number of nitro groups is 1. The zero-order valence-corrected chi connectivity index (χ0v) is 12.1. The lowest BCUT2D eigenvalue weighted by molar-refractivity contribution is -0.383. The first-order chi connectivity index (χ1) is 10.5. The lowest BCUT2D eigenvalue weighted by Gasteiger charge is -2.09. The Kier molecular flexibility index (Phi) is 4.69. The summed E-state index contributed by atoms with van der Waals surface area (Å²) in [4.78, 5) is 29.9. The van der Waals surface area contributed by atoms with Crippen LogP contribution >= 0.6 is 11.6 Å². The molecule has 2 rings (SSSR count). The van der Waals surface area contributed by atoms with Crippen LogP contribution in [0, 0.1) is 10.1 Å². The van der Waals surface area contributed by atoms with E-state index in [4.69, 9.17) is 11.6 Å². The Hall–Kier alpha value is -2.94. The molecule has 0 aliphatic carbocycles. The minimum Gasteiger partial charge on any atom is -0.367 e. The molecule has 9 nitrogen and oxygen atoms in total. The first-order valence-electron chi connectivity index (χ1n) is 6.02. The highest BCUT2D eigenvalue weighted by atomic mass is 35.5. The van der Waals surface area contributed by atoms with E-state index < -0.39 is 10.8 Å². The summed E-state index contributed by atoms with van der Waals surface area (Å²) in [5, 5.41) is 14.1. The van der Waals surface area contributed by atoms with Crippen molar-refractivity contribution in [2.75, 3.05) is 17.8 Å². The van der Waals surface area contributed by atoms with Crippen LogP contribution in [0.4, 0.5) is 17.3 Å². The Morgan fingerprint density at radius 1 is 1.32 bits per heavy atom. The zero-order valence-electron chi connectivity index (χ0n) is 11.3. The monoisotopic (exact) mass is 322 g/mol. The number of carbonyl (C=O) groups excluding carboxylic acids is 1. The zero-order chi connectivity index (χ0) is 16.1. The molecule has 0 fully saturated rings. The smallest absolute Gasteiger partial charge is 0.354 e. The molecule has 10 heteroatoms. The summed E-state index contributed by atoms with van der Waals surface area (Å²) < 4.78 is 0. The van der Waals surface area contributed by atoms with Crippen LogP contribution in [-0.4, -0.2) is 27.8 Å². The number of rotatable bonds is 5. The fraction of sp³-hybridized carbons (Fsp3) is 0.0833. The number of halogens is 1.